The highest BCUT2D eigenvalue weighted by molar-refractivity contribution is 7.92. The van der Waals surface area contributed by atoms with Gasteiger partial charge in [-0.15, -0.1) is 0 Å². The summed E-state index contributed by atoms with van der Waals surface area (Å²) in [6, 6.07) is 11.8. The van der Waals surface area contributed by atoms with Crippen LogP contribution < -0.4 is 14.5 Å². The second-order valence-electron chi connectivity index (χ2n) is 9.49. The molecule has 3 aromatic rings. The van der Waals surface area contributed by atoms with E-state index in [1.54, 1.807) is 12.1 Å². The first-order valence-electron chi connectivity index (χ1n) is 12.5. The van der Waals surface area contributed by atoms with Crippen molar-refractivity contribution < 1.29 is 17.6 Å². The summed E-state index contributed by atoms with van der Waals surface area (Å²) in [5.74, 6) is -1.37. The normalized spacial score (nSPS) is 16.6. The lowest BCUT2D eigenvalue weighted by atomic mass is 10.00. The van der Waals surface area contributed by atoms with Gasteiger partial charge in [-0.2, -0.15) is 4.98 Å². The van der Waals surface area contributed by atoms with Gasteiger partial charge in [-0.05, 0) is 79.4 Å². The van der Waals surface area contributed by atoms with Crippen LogP contribution in [0.15, 0.2) is 53.6 Å². The Morgan fingerprint density at radius 3 is 2.49 bits per heavy atom. The van der Waals surface area contributed by atoms with Crippen LogP contribution >= 0.6 is 23.2 Å². The first-order chi connectivity index (χ1) is 18.6. The predicted octanol–water partition coefficient (Wildman–Crippen LogP) is 4.21. The molecule has 0 bridgehead atoms. The van der Waals surface area contributed by atoms with Crippen molar-refractivity contribution in [1.82, 2.24) is 14.9 Å². The molecule has 1 N–H and O–H groups in total. The molecule has 1 atom stereocenters. The molecule has 0 aliphatic carbocycles. The molecule has 0 saturated carbocycles. The van der Waals surface area contributed by atoms with E-state index in [4.69, 9.17) is 23.2 Å². The SMILES string of the molecule is C[C@H](C(=O)N1CCN(c2ccc(S(=O)(=O)Nc3nc(Cl)ncc3F)cc2)CC1)N1CCCc2cc(Cl)ccc21. The van der Waals surface area contributed by atoms with E-state index in [2.05, 4.69) is 24.5 Å². The number of aromatic nitrogens is 2. The summed E-state index contributed by atoms with van der Waals surface area (Å²) >= 11 is 11.8. The van der Waals surface area contributed by atoms with E-state index in [-0.39, 0.29) is 22.1 Å². The number of aryl methyl sites for hydroxylation is 1. The van der Waals surface area contributed by atoms with Crippen molar-refractivity contribution in [2.75, 3.05) is 47.2 Å². The number of hydrogen-bond acceptors (Lipinski definition) is 7. The van der Waals surface area contributed by atoms with E-state index < -0.39 is 21.7 Å². The quantitative estimate of drug-likeness (QED) is 0.428. The molecule has 13 heteroatoms. The first-order valence-corrected chi connectivity index (χ1v) is 14.8. The molecular weight excluding hydrogens is 566 g/mol. The number of carbonyl (C=O) groups excluding carboxylic acids is 1. The van der Waals surface area contributed by atoms with Crippen molar-refractivity contribution in [3.63, 3.8) is 0 Å². The summed E-state index contributed by atoms with van der Waals surface area (Å²) in [6.45, 7) is 5.11. The van der Waals surface area contributed by atoms with Crippen LogP contribution in [0.5, 0.6) is 0 Å². The predicted molar refractivity (Wildman–Crippen MR) is 150 cm³/mol. The van der Waals surface area contributed by atoms with Crippen LogP contribution in [0.4, 0.5) is 21.6 Å². The fourth-order valence-corrected chi connectivity index (χ4v) is 6.36. The molecular formula is C26H27Cl2FN6O3S. The highest BCUT2D eigenvalue weighted by Gasteiger charge is 2.31. The lowest BCUT2D eigenvalue weighted by Crippen LogP contribution is -2.55. The molecule has 0 spiro atoms. The van der Waals surface area contributed by atoms with Crippen LogP contribution in [0.3, 0.4) is 0 Å². The summed E-state index contributed by atoms with van der Waals surface area (Å²) in [5.41, 5.74) is 3.07. The lowest BCUT2D eigenvalue weighted by Gasteiger charge is -2.41. The number of hydrogen-bond donors (Lipinski definition) is 1. The number of sulfonamides is 1. The van der Waals surface area contributed by atoms with Crippen molar-refractivity contribution in [1.29, 1.82) is 0 Å². The summed E-state index contributed by atoms with van der Waals surface area (Å²) < 4.78 is 41.4. The maximum absolute atomic E-state index is 13.9. The number of benzene rings is 2. The molecule has 0 unspecified atom stereocenters. The number of nitrogens with one attached hydrogen (secondary N) is 1. The maximum Gasteiger partial charge on any atom is 0.263 e. The Labute approximate surface area is 236 Å². The first kappa shape index (κ1) is 27.4. The second kappa shape index (κ2) is 11.1. The molecule has 2 aliphatic rings. The average Bonchev–Trinajstić information content (AvgIpc) is 2.94. The molecule has 39 heavy (non-hydrogen) atoms. The van der Waals surface area contributed by atoms with Gasteiger partial charge in [-0.1, -0.05) is 11.6 Å². The molecule has 1 aromatic heterocycles. The Morgan fingerprint density at radius 1 is 1.05 bits per heavy atom. The van der Waals surface area contributed by atoms with Crippen LogP contribution in [0.2, 0.25) is 10.3 Å². The van der Waals surface area contributed by atoms with Gasteiger partial charge in [-0.25, -0.2) is 17.8 Å². The number of anilines is 3. The number of rotatable bonds is 6. The fraction of sp³-hybridized carbons (Fsp3) is 0.346. The Balaban J connectivity index is 1.20. The van der Waals surface area contributed by atoms with Crippen LogP contribution in [0.1, 0.15) is 18.9 Å². The zero-order chi connectivity index (χ0) is 27.7. The van der Waals surface area contributed by atoms with Crippen molar-refractivity contribution in [3.8, 4) is 0 Å². The fourth-order valence-electron chi connectivity index (χ4n) is 5.02. The molecule has 9 nitrogen and oxygen atoms in total. The summed E-state index contributed by atoms with van der Waals surface area (Å²) in [4.78, 5) is 26.6. The molecule has 206 valence electrons. The molecule has 5 rings (SSSR count). The van der Waals surface area contributed by atoms with Gasteiger partial charge in [0, 0.05) is 49.1 Å². The van der Waals surface area contributed by atoms with Crippen LogP contribution in [-0.2, 0) is 21.2 Å². The van der Waals surface area contributed by atoms with Gasteiger partial charge in [-0.3, -0.25) is 9.52 Å². The van der Waals surface area contributed by atoms with E-state index in [9.17, 15) is 17.6 Å². The third-order valence-corrected chi connectivity index (χ3v) is 8.84. The Hall–Kier alpha value is -3.15. The molecule has 3 heterocycles. The van der Waals surface area contributed by atoms with Crippen molar-refractivity contribution >= 4 is 56.3 Å². The van der Waals surface area contributed by atoms with Crippen LogP contribution in [0.25, 0.3) is 0 Å². The molecule has 0 radical (unpaired) electrons. The van der Waals surface area contributed by atoms with Crippen LogP contribution in [-0.4, -0.2) is 68.0 Å². The largest absolute Gasteiger partial charge is 0.368 e. The molecule has 1 amide bonds. The summed E-state index contributed by atoms with van der Waals surface area (Å²) in [6.07, 6.45) is 2.72. The highest BCUT2D eigenvalue weighted by atomic mass is 35.5. The van der Waals surface area contributed by atoms with E-state index in [1.807, 2.05) is 30.0 Å². The van der Waals surface area contributed by atoms with E-state index in [0.29, 0.717) is 31.2 Å². The number of nitrogens with zero attached hydrogens (tertiary/aromatic N) is 5. The van der Waals surface area contributed by atoms with Crippen LogP contribution in [0, 0.1) is 5.82 Å². The number of fused-ring (bicyclic) bond motifs is 1. The monoisotopic (exact) mass is 592 g/mol. The molecule has 1 saturated heterocycles. The van der Waals surface area contributed by atoms with Gasteiger partial charge in [0.15, 0.2) is 11.6 Å². The Morgan fingerprint density at radius 2 is 1.77 bits per heavy atom. The summed E-state index contributed by atoms with van der Waals surface area (Å²) in [7, 11) is -4.09. The van der Waals surface area contributed by atoms with E-state index in [0.717, 1.165) is 37.0 Å². The highest BCUT2D eigenvalue weighted by Crippen LogP contribution is 2.31. The van der Waals surface area contributed by atoms with Gasteiger partial charge in [0.2, 0.25) is 11.2 Å². The Bertz CT molecular complexity index is 1480. The minimum absolute atomic E-state index is 0.0499. The van der Waals surface area contributed by atoms with Crippen molar-refractivity contribution in [2.24, 2.45) is 0 Å². The van der Waals surface area contributed by atoms with Crippen molar-refractivity contribution in [3.05, 3.63) is 70.3 Å². The van der Waals surface area contributed by atoms with Gasteiger partial charge >= 0.3 is 0 Å². The van der Waals surface area contributed by atoms with E-state index >= 15 is 0 Å². The standard InChI is InChI=1S/C26H27Cl2FN6O3S/c1-17(35-10-2-3-18-15-19(27)4-9-23(18)35)25(36)34-13-11-33(12-14-34)20-5-7-21(8-6-20)39(37,38)32-24-22(29)16-30-26(28)31-24/h4-9,15-17H,2-3,10-14H2,1H3,(H,30,31,32)/t17-/m1/s1. The van der Waals surface area contributed by atoms with Crippen molar-refractivity contribution in [2.45, 2.75) is 30.7 Å². The molecule has 2 aromatic carbocycles. The minimum atomic E-state index is -4.09. The smallest absolute Gasteiger partial charge is 0.263 e. The lowest BCUT2D eigenvalue weighted by molar-refractivity contribution is -0.132. The third-order valence-electron chi connectivity index (χ3n) is 7.07. The topological polar surface area (TPSA) is 98.7 Å². The maximum atomic E-state index is 13.9. The Kier molecular flexibility index (Phi) is 7.84. The minimum Gasteiger partial charge on any atom is -0.368 e. The number of halogens is 3. The summed E-state index contributed by atoms with van der Waals surface area (Å²) in [5, 5.41) is 0.430. The van der Waals surface area contributed by atoms with Gasteiger partial charge in [0.1, 0.15) is 6.04 Å². The average molecular weight is 594 g/mol. The number of piperazine rings is 1. The molecule has 2 aliphatic heterocycles. The second-order valence-corrected chi connectivity index (χ2v) is 12.0. The van der Waals surface area contributed by atoms with E-state index in [1.165, 1.54) is 17.7 Å². The van der Waals surface area contributed by atoms with Gasteiger partial charge in [0.25, 0.3) is 10.0 Å². The van der Waals surface area contributed by atoms with Gasteiger partial charge < -0.3 is 14.7 Å². The molecule has 1 fully saturated rings. The number of carbonyl (C=O) groups is 1. The third kappa shape index (κ3) is 5.90. The zero-order valence-corrected chi connectivity index (χ0v) is 23.5. The zero-order valence-electron chi connectivity index (χ0n) is 21.1. The van der Waals surface area contributed by atoms with Gasteiger partial charge in [0.05, 0.1) is 11.1 Å². The number of amides is 1.